The van der Waals surface area contributed by atoms with E-state index in [1.165, 1.54) is 270 Å². The summed E-state index contributed by atoms with van der Waals surface area (Å²) >= 11 is 0. The minimum absolute atomic E-state index is 0.0132. The van der Waals surface area contributed by atoms with Crippen LogP contribution in [0, 0.1) is 0 Å². The van der Waals surface area contributed by atoms with Crippen molar-refractivity contribution in [2.45, 2.75) is 360 Å². The Balaban J connectivity index is 3.40. The Labute approximate surface area is 437 Å². The topological polar surface area (TPSA) is 95.9 Å². The van der Waals surface area contributed by atoms with Gasteiger partial charge in [-0.25, -0.2) is 0 Å². The van der Waals surface area contributed by atoms with Gasteiger partial charge in [0.15, 0.2) is 0 Å². The van der Waals surface area contributed by atoms with Crippen LogP contribution in [0.5, 0.6) is 0 Å². The fraction of sp³-hybridized carbons (Fsp3) is 0.906. The standard InChI is InChI=1S/C64H123NO5/c1-3-5-7-9-11-13-15-17-34-38-42-46-50-54-58-64(69)70-59-55-51-47-43-39-35-32-30-28-26-24-22-20-18-19-21-23-25-27-29-31-33-37-41-45-49-53-57-63(68)65-61(60-66)62(67)56-52-48-44-40-36-16-14-12-10-8-6-4-2/h18-19,22,24,61-62,66-67H,3-17,20-21,23,25-60H2,1-2H3,(H,65,68)/b19-18-,24-22-. The SMILES string of the molecule is CCCCCCCCCCCCCCCCC(=O)OCCCCCCCCCCC/C=C\C/C=C\CCCCCCCCCCCCCC(=O)NC(CO)C(O)CCCCCCCCCCCCCC. The van der Waals surface area contributed by atoms with E-state index in [0.717, 1.165) is 44.9 Å². The number of aliphatic hydroxyl groups is 2. The van der Waals surface area contributed by atoms with E-state index in [1.807, 2.05) is 0 Å². The molecule has 0 aliphatic carbocycles. The first-order valence-electron chi connectivity index (χ1n) is 31.6. The smallest absolute Gasteiger partial charge is 0.305 e. The van der Waals surface area contributed by atoms with Crippen molar-refractivity contribution in [2.24, 2.45) is 0 Å². The highest BCUT2D eigenvalue weighted by Gasteiger charge is 2.20. The van der Waals surface area contributed by atoms with Gasteiger partial charge in [-0.15, -0.1) is 0 Å². The molecule has 0 heterocycles. The molecule has 0 fully saturated rings. The molecular weight excluding hydrogens is 863 g/mol. The third kappa shape index (κ3) is 55.7. The van der Waals surface area contributed by atoms with E-state index in [-0.39, 0.29) is 18.5 Å². The second kappa shape index (κ2) is 59.9. The summed E-state index contributed by atoms with van der Waals surface area (Å²) in [4.78, 5) is 24.5. The van der Waals surface area contributed by atoms with E-state index in [0.29, 0.717) is 25.9 Å². The molecule has 0 spiro atoms. The van der Waals surface area contributed by atoms with Gasteiger partial charge in [0.2, 0.25) is 5.91 Å². The molecule has 0 aliphatic rings. The second-order valence-electron chi connectivity index (χ2n) is 21.7. The maximum absolute atomic E-state index is 12.5. The largest absolute Gasteiger partial charge is 0.466 e. The highest BCUT2D eigenvalue weighted by atomic mass is 16.5. The second-order valence-corrected chi connectivity index (χ2v) is 21.7. The van der Waals surface area contributed by atoms with Crippen LogP contribution < -0.4 is 5.32 Å². The lowest BCUT2D eigenvalue weighted by Crippen LogP contribution is -2.45. The zero-order chi connectivity index (χ0) is 50.7. The Hall–Kier alpha value is -1.66. The molecule has 0 aliphatic heterocycles. The highest BCUT2D eigenvalue weighted by molar-refractivity contribution is 5.76. The molecule has 0 aromatic carbocycles. The van der Waals surface area contributed by atoms with Crippen LogP contribution in [0.15, 0.2) is 24.3 Å². The molecule has 2 atom stereocenters. The Morgan fingerprint density at radius 2 is 0.714 bits per heavy atom. The molecule has 0 radical (unpaired) electrons. The number of hydrogen-bond donors (Lipinski definition) is 3. The number of nitrogens with one attached hydrogen (secondary N) is 1. The van der Waals surface area contributed by atoms with Crippen molar-refractivity contribution >= 4 is 11.9 Å². The van der Waals surface area contributed by atoms with Crippen LogP contribution in [0.1, 0.15) is 348 Å². The lowest BCUT2D eigenvalue weighted by Gasteiger charge is -2.22. The number of unbranched alkanes of at least 4 members (excludes halogenated alkanes) is 44. The molecule has 70 heavy (non-hydrogen) atoms. The minimum atomic E-state index is -0.665. The molecule has 0 rings (SSSR count). The number of amides is 1. The van der Waals surface area contributed by atoms with Crippen LogP contribution in [0.25, 0.3) is 0 Å². The van der Waals surface area contributed by atoms with Crippen molar-refractivity contribution in [2.75, 3.05) is 13.2 Å². The number of allylic oxidation sites excluding steroid dienone is 4. The first kappa shape index (κ1) is 68.3. The third-order valence-electron chi connectivity index (χ3n) is 14.8. The molecule has 1 amide bonds. The van der Waals surface area contributed by atoms with Gasteiger partial charge in [-0.05, 0) is 57.8 Å². The summed E-state index contributed by atoms with van der Waals surface area (Å²) in [5.74, 6) is -0.0243. The van der Waals surface area contributed by atoms with Crippen LogP contribution in [0.3, 0.4) is 0 Å². The van der Waals surface area contributed by atoms with Gasteiger partial charge < -0.3 is 20.3 Å². The Morgan fingerprint density at radius 1 is 0.400 bits per heavy atom. The van der Waals surface area contributed by atoms with Crippen LogP contribution in [0.2, 0.25) is 0 Å². The molecule has 0 saturated heterocycles. The lowest BCUT2D eigenvalue weighted by atomic mass is 10.0. The van der Waals surface area contributed by atoms with E-state index in [1.54, 1.807) is 0 Å². The average molecular weight is 987 g/mol. The maximum atomic E-state index is 12.5. The molecule has 0 saturated carbocycles. The van der Waals surface area contributed by atoms with E-state index in [4.69, 9.17) is 4.74 Å². The van der Waals surface area contributed by atoms with E-state index in [2.05, 4.69) is 43.5 Å². The maximum Gasteiger partial charge on any atom is 0.305 e. The van der Waals surface area contributed by atoms with Crippen LogP contribution in [0.4, 0.5) is 0 Å². The molecule has 0 aromatic heterocycles. The predicted molar refractivity (Wildman–Crippen MR) is 306 cm³/mol. The number of hydrogen-bond acceptors (Lipinski definition) is 5. The first-order chi connectivity index (χ1) is 34.5. The van der Waals surface area contributed by atoms with Gasteiger partial charge in [0.05, 0.1) is 25.4 Å². The van der Waals surface area contributed by atoms with Crippen molar-refractivity contribution < 1.29 is 24.5 Å². The van der Waals surface area contributed by atoms with Gasteiger partial charge in [-0.3, -0.25) is 9.59 Å². The lowest BCUT2D eigenvalue weighted by molar-refractivity contribution is -0.143. The van der Waals surface area contributed by atoms with Crippen LogP contribution >= 0.6 is 0 Å². The summed E-state index contributed by atoms with van der Waals surface area (Å²) < 4.78 is 5.48. The van der Waals surface area contributed by atoms with Crippen molar-refractivity contribution in [1.29, 1.82) is 0 Å². The number of esters is 1. The molecule has 3 N–H and O–H groups in total. The minimum Gasteiger partial charge on any atom is -0.466 e. The number of carbonyl (C=O) groups excluding carboxylic acids is 2. The predicted octanol–water partition coefficient (Wildman–Crippen LogP) is 19.8. The zero-order valence-electron chi connectivity index (χ0n) is 47.3. The van der Waals surface area contributed by atoms with Gasteiger partial charge in [0, 0.05) is 12.8 Å². The van der Waals surface area contributed by atoms with E-state index >= 15 is 0 Å². The molecule has 6 nitrogen and oxygen atoms in total. The fourth-order valence-corrected chi connectivity index (χ4v) is 9.91. The highest BCUT2D eigenvalue weighted by Crippen LogP contribution is 2.18. The Bertz CT molecular complexity index is 1090. The summed E-state index contributed by atoms with van der Waals surface area (Å²) in [5, 5.41) is 23.2. The molecular formula is C64H123NO5. The number of ether oxygens (including phenoxy) is 1. The van der Waals surface area contributed by atoms with Gasteiger partial charge in [-0.1, -0.05) is 301 Å². The molecule has 2 unspecified atom stereocenters. The first-order valence-corrected chi connectivity index (χ1v) is 31.6. The van der Waals surface area contributed by atoms with Crippen molar-refractivity contribution in [1.82, 2.24) is 5.32 Å². The summed E-state index contributed by atoms with van der Waals surface area (Å²) in [6, 6.07) is -0.542. The Morgan fingerprint density at radius 3 is 1.09 bits per heavy atom. The molecule has 0 bridgehead atoms. The fourth-order valence-electron chi connectivity index (χ4n) is 9.91. The zero-order valence-corrected chi connectivity index (χ0v) is 47.3. The van der Waals surface area contributed by atoms with E-state index in [9.17, 15) is 19.8 Å². The quantitative estimate of drug-likeness (QED) is 0.0321. The monoisotopic (exact) mass is 986 g/mol. The molecule has 6 heteroatoms. The number of carbonyl (C=O) groups is 2. The molecule has 414 valence electrons. The summed E-state index contributed by atoms with van der Waals surface area (Å²) in [6.07, 6.45) is 73.4. The normalized spacial score (nSPS) is 12.7. The van der Waals surface area contributed by atoms with Crippen molar-refractivity contribution in [3.63, 3.8) is 0 Å². The number of rotatable bonds is 59. The Kier molecular flexibility index (Phi) is 58.5. The van der Waals surface area contributed by atoms with Crippen LogP contribution in [-0.2, 0) is 14.3 Å². The van der Waals surface area contributed by atoms with Crippen molar-refractivity contribution in [3.05, 3.63) is 24.3 Å². The number of aliphatic hydroxyl groups excluding tert-OH is 2. The summed E-state index contributed by atoms with van der Waals surface area (Å²) in [6.45, 7) is 4.96. The van der Waals surface area contributed by atoms with Crippen LogP contribution in [-0.4, -0.2) is 47.4 Å². The van der Waals surface area contributed by atoms with Gasteiger partial charge in [0.1, 0.15) is 0 Å². The van der Waals surface area contributed by atoms with Gasteiger partial charge >= 0.3 is 5.97 Å². The summed E-state index contributed by atoms with van der Waals surface area (Å²) in [7, 11) is 0. The third-order valence-corrected chi connectivity index (χ3v) is 14.8. The summed E-state index contributed by atoms with van der Waals surface area (Å²) in [5.41, 5.74) is 0. The van der Waals surface area contributed by atoms with Gasteiger partial charge in [0.25, 0.3) is 0 Å². The average Bonchev–Trinajstić information content (AvgIpc) is 3.36. The van der Waals surface area contributed by atoms with Crippen molar-refractivity contribution in [3.8, 4) is 0 Å². The molecule has 0 aromatic rings. The van der Waals surface area contributed by atoms with Gasteiger partial charge in [-0.2, -0.15) is 0 Å². The van der Waals surface area contributed by atoms with E-state index < -0.39 is 12.1 Å².